The summed E-state index contributed by atoms with van der Waals surface area (Å²) in [5, 5.41) is 6.48. The number of nitrogens with zero attached hydrogens (tertiary/aromatic N) is 1. The van der Waals surface area contributed by atoms with Crippen molar-refractivity contribution >= 4 is 11.9 Å². The summed E-state index contributed by atoms with van der Waals surface area (Å²) >= 11 is 0. The Hall–Kier alpha value is -3.03. The summed E-state index contributed by atoms with van der Waals surface area (Å²) in [6.07, 6.45) is 0. The van der Waals surface area contributed by atoms with Crippen molar-refractivity contribution in [3.05, 3.63) is 41.3 Å². The zero-order valence-corrected chi connectivity index (χ0v) is 16.1. The first-order chi connectivity index (χ1) is 12.8. The summed E-state index contributed by atoms with van der Waals surface area (Å²) in [4.78, 5) is 25.1. The van der Waals surface area contributed by atoms with Gasteiger partial charge in [0.2, 0.25) is 0 Å². The number of rotatable bonds is 8. The van der Waals surface area contributed by atoms with Crippen molar-refractivity contribution in [2.75, 3.05) is 14.2 Å². The summed E-state index contributed by atoms with van der Waals surface area (Å²) in [6.45, 7) is 5.36. The number of ether oxygens (including phenoxy) is 3. The van der Waals surface area contributed by atoms with Gasteiger partial charge < -0.3 is 24.1 Å². The molecular formula is C19H24N2O6. The molecule has 8 heteroatoms. The molecule has 1 aromatic heterocycles. The number of amides is 1. The van der Waals surface area contributed by atoms with Crippen LogP contribution >= 0.6 is 0 Å². The van der Waals surface area contributed by atoms with Crippen molar-refractivity contribution in [3.63, 3.8) is 0 Å². The molecule has 0 bridgehead atoms. The van der Waals surface area contributed by atoms with Crippen molar-refractivity contribution in [1.29, 1.82) is 0 Å². The fraction of sp³-hybridized carbons (Fsp3) is 0.421. The van der Waals surface area contributed by atoms with Gasteiger partial charge in [-0.1, -0.05) is 19.0 Å². The van der Waals surface area contributed by atoms with Gasteiger partial charge in [-0.15, -0.1) is 0 Å². The molecule has 8 nitrogen and oxygen atoms in total. The standard InChI is InChI=1S/C19H24N2O6/c1-11(2)17(19(23)26-10-14-6-12(3)27-21-14)20-18(22)13-7-15(24-4)9-16(8-13)25-5/h6-9,11,17H,10H2,1-5H3,(H,20,22). The highest BCUT2D eigenvalue weighted by atomic mass is 16.5. The number of carbonyl (C=O) groups is 2. The molecule has 146 valence electrons. The van der Waals surface area contributed by atoms with Gasteiger partial charge in [-0.3, -0.25) is 4.79 Å². The van der Waals surface area contributed by atoms with Crippen LogP contribution in [0.15, 0.2) is 28.8 Å². The molecule has 0 aliphatic carbocycles. The number of hydrogen-bond acceptors (Lipinski definition) is 7. The summed E-state index contributed by atoms with van der Waals surface area (Å²) in [6, 6.07) is 5.66. The molecule has 0 aliphatic rings. The van der Waals surface area contributed by atoms with Crippen LogP contribution in [-0.4, -0.2) is 37.3 Å². The zero-order chi connectivity index (χ0) is 20.0. The Morgan fingerprint density at radius 1 is 1.11 bits per heavy atom. The fourth-order valence-corrected chi connectivity index (χ4v) is 2.38. The van der Waals surface area contributed by atoms with Gasteiger partial charge in [-0.25, -0.2) is 4.79 Å². The number of esters is 1. The van der Waals surface area contributed by atoms with E-state index >= 15 is 0 Å². The van der Waals surface area contributed by atoms with E-state index < -0.39 is 17.9 Å². The van der Waals surface area contributed by atoms with Gasteiger partial charge in [-0.05, 0) is 25.0 Å². The molecule has 1 amide bonds. The topological polar surface area (TPSA) is 99.9 Å². The van der Waals surface area contributed by atoms with E-state index in [2.05, 4.69) is 10.5 Å². The lowest BCUT2D eigenvalue weighted by Gasteiger charge is -2.21. The van der Waals surface area contributed by atoms with Gasteiger partial charge in [0.05, 0.1) is 14.2 Å². The Bertz CT molecular complexity index is 777. The minimum absolute atomic E-state index is 0.0255. The third kappa shape index (κ3) is 5.47. The Kier molecular flexibility index (Phi) is 6.81. The Labute approximate surface area is 157 Å². The van der Waals surface area contributed by atoms with E-state index in [9.17, 15) is 9.59 Å². The van der Waals surface area contributed by atoms with Crippen LogP contribution < -0.4 is 14.8 Å². The first-order valence-electron chi connectivity index (χ1n) is 8.46. The second kappa shape index (κ2) is 9.07. The molecule has 0 saturated heterocycles. The quantitative estimate of drug-likeness (QED) is 0.707. The molecule has 0 fully saturated rings. The van der Waals surface area contributed by atoms with Crippen molar-refractivity contribution in [2.45, 2.75) is 33.4 Å². The normalized spacial score (nSPS) is 11.8. The van der Waals surface area contributed by atoms with Crippen LogP contribution in [0.25, 0.3) is 0 Å². The summed E-state index contributed by atoms with van der Waals surface area (Å²) in [7, 11) is 2.99. The maximum absolute atomic E-state index is 12.6. The summed E-state index contributed by atoms with van der Waals surface area (Å²) < 4.78 is 20.5. The molecule has 0 radical (unpaired) electrons. The van der Waals surface area contributed by atoms with E-state index in [0.717, 1.165) is 0 Å². The van der Waals surface area contributed by atoms with Crippen LogP contribution in [0.1, 0.15) is 35.7 Å². The van der Waals surface area contributed by atoms with Gasteiger partial charge in [-0.2, -0.15) is 0 Å². The molecule has 27 heavy (non-hydrogen) atoms. The van der Waals surface area contributed by atoms with Crippen LogP contribution in [-0.2, 0) is 16.1 Å². The third-order valence-electron chi connectivity index (χ3n) is 3.86. The number of aromatic nitrogens is 1. The van der Waals surface area contributed by atoms with Crippen LogP contribution in [0.2, 0.25) is 0 Å². The zero-order valence-electron chi connectivity index (χ0n) is 16.1. The number of nitrogens with one attached hydrogen (secondary N) is 1. The van der Waals surface area contributed by atoms with Gasteiger partial charge >= 0.3 is 5.97 Å². The lowest BCUT2D eigenvalue weighted by Crippen LogP contribution is -2.45. The van der Waals surface area contributed by atoms with Crippen molar-refractivity contribution < 1.29 is 28.3 Å². The van der Waals surface area contributed by atoms with E-state index in [0.29, 0.717) is 28.5 Å². The van der Waals surface area contributed by atoms with Crippen LogP contribution in [0.3, 0.4) is 0 Å². The lowest BCUT2D eigenvalue weighted by atomic mass is 10.0. The molecular weight excluding hydrogens is 352 g/mol. The predicted molar refractivity (Wildman–Crippen MR) is 96.7 cm³/mol. The molecule has 0 saturated carbocycles. The highest BCUT2D eigenvalue weighted by Crippen LogP contribution is 2.22. The number of hydrogen-bond donors (Lipinski definition) is 1. The van der Waals surface area contributed by atoms with Crippen molar-refractivity contribution in [1.82, 2.24) is 10.5 Å². The average molecular weight is 376 g/mol. The first-order valence-corrected chi connectivity index (χ1v) is 8.46. The monoisotopic (exact) mass is 376 g/mol. The second-order valence-corrected chi connectivity index (χ2v) is 6.33. The Balaban J connectivity index is 2.08. The SMILES string of the molecule is COc1cc(OC)cc(C(=O)NC(C(=O)OCc2cc(C)on2)C(C)C)c1. The van der Waals surface area contributed by atoms with Gasteiger partial charge in [0.15, 0.2) is 0 Å². The Morgan fingerprint density at radius 3 is 2.22 bits per heavy atom. The second-order valence-electron chi connectivity index (χ2n) is 6.33. The lowest BCUT2D eigenvalue weighted by molar-refractivity contribution is -0.148. The molecule has 1 heterocycles. The van der Waals surface area contributed by atoms with E-state index in [4.69, 9.17) is 18.7 Å². The maximum Gasteiger partial charge on any atom is 0.329 e. The fourth-order valence-electron chi connectivity index (χ4n) is 2.38. The predicted octanol–water partition coefficient (Wildman–Crippen LogP) is 2.50. The van der Waals surface area contributed by atoms with Gasteiger partial charge in [0.1, 0.15) is 35.6 Å². The Morgan fingerprint density at radius 2 is 1.74 bits per heavy atom. The minimum Gasteiger partial charge on any atom is -0.497 e. The van der Waals surface area contributed by atoms with E-state index in [1.165, 1.54) is 14.2 Å². The molecule has 0 aliphatic heterocycles. The van der Waals surface area contributed by atoms with Gasteiger partial charge in [0.25, 0.3) is 5.91 Å². The highest BCUT2D eigenvalue weighted by Gasteiger charge is 2.27. The number of benzene rings is 1. The average Bonchev–Trinajstić information content (AvgIpc) is 3.08. The third-order valence-corrected chi connectivity index (χ3v) is 3.86. The van der Waals surface area contributed by atoms with Crippen LogP contribution in [0.5, 0.6) is 11.5 Å². The van der Waals surface area contributed by atoms with Gasteiger partial charge in [0, 0.05) is 17.7 Å². The number of carbonyl (C=O) groups excluding carboxylic acids is 2. The maximum atomic E-state index is 12.6. The van der Waals surface area contributed by atoms with Crippen molar-refractivity contribution in [3.8, 4) is 11.5 Å². The largest absolute Gasteiger partial charge is 0.497 e. The van der Waals surface area contributed by atoms with Crippen LogP contribution in [0, 0.1) is 12.8 Å². The molecule has 1 unspecified atom stereocenters. The smallest absolute Gasteiger partial charge is 0.329 e. The number of aryl methyl sites for hydroxylation is 1. The molecule has 1 atom stereocenters. The number of methoxy groups -OCH3 is 2. The highest BCUT2D eigenvalue weighted by molar-refractivity contribution is 5.97. The molecule has 1 aromatic carbocycles. The molecule has 1 N–H and O–H groups in total. The molecule has 0 spiro atoms. The molecule has 2 rings (SSSR count). The van der Waals surface area contributed by atoms with E-state index in [1.54, 1.807) is 31.2 Å². The minimum atomic E-state index is -0.817. The molecule has 2 aromatic rings. The van der Waals surface area contributed by atoms with E-state index in [1.807, 2.05) is 13.8 Å². The van der Waals surface area contributed by atoms with Crippen LogP contribution in [0.4, 0.5) is 0 Å². The summed E-state index contributed by atoms with van der Waals surface area (Å²) in [5.74, 6) is 0.429. The van der Waals surface area contributed by atoms with Crippen molar-refractivity contribution in [2.24, 2.45) is 5.92 Å². The summed E-state index contributed by atoms with van der Waals surface area (Å²) in [5.41, 5.74) is 0.823. The van der Waals surface area contributed by atoms with E-state index in [-0.39, 0.29) is 12.5 Å². The first kappa shape index (κ1) is 20.3.